The van der Waals surface area contributed by atoms with Gasteiger partial charge in [-0.1, -0.05) is 11.6 Å². The molecule has 1 amide bonds. The average Bonchev–Trinajstić information content (AvgIpc) is 2.88. The molecule has 1 fully saturated rings. The van der Waals surface area contributed by atoms with Crippen LogP contribution in [0.25, 0.3) is 0 Å². The predicted octanol–water partition coefficient (Wildman–Crippen LogP) is 2.56. The number of halogens is 2. The van der Waals surface area contributed by atoms with Crippen LogP contribution < -0.4 is 9.62 Å². The zero-order valence-electron chi connectivity index (χ0n) is 12.4. The summed E-state index contributed by atoms with van der Waals surface area (Å²) in [6, 6.07) is 10.7. The van der Waals surface area contributed by atoms with Crippen molar-refractivity contribution in [3.05, 3.63) is 59.4 Å². The second kappa shape index (κ2) is 6.51. The number of carbonyl (C=O) groups is 1. The lowest BCUT2D eigenvalue weighted by Crippen LogP contribution is -2.37. The zero-order chi connectivity index (χ0) is 17.3. The van der Waals surface area contributed by atoms with Gasteiger partial charge in [-0.2, -0.15) is 0 Å². The molecule has 0 bridgehead atoms. The van der Waals surface area contributed by atoms with Gasteiger partial charge in [0.25, 0.3) is 0 Å². The molecule has 3 rings (SSSR count). The molecule has 8 heteroatoms. The highest BCUT2D eigenvalue weighted by Crippen LogP contribution is 2.24. The van der Waals surface area contributed by atoms with Gasteiger partial charge in [0.05, 0.1) is 4.90 Å². The van der Waals surface area contributed by atoms with E-state index < -0.39 is 21.9 Å². The lowest BCUT2D eigenvalue weighted by Gasteiger charge is -2.17. The minimum absolute atomic E-state index is 0.0405. The van der Waals surface area contributed by atoms with Crippen LogP contribution in [-0.2, 0) is 14.8 Å². The average molecular weight is 369 g/mol. The van der Waals surface area contributed by atoms with E-state index in [0.29, 0.717) is 10.7 Å². The molecule has 0 radical (unpaired) electrons. The first-order chi connectivity index (χ1) is 11.3. The minimum Gasteiger partial charge on any atom is -0.311 e. The van der Waals surface area contributed by atoms with Crippen LogP contribution >= 0.6 is 11.6 Å². The number of hydrogen-bond donors (Lipinski definition) is 1. The van der Waals surface area contributed by atoms with Gasteiger partial charge in [-0.15, -0.1) is 0 Å². The van der Waals surface area contributed by atoms with Gasteiger partial charge in [-0.05, 0) is 48.5 Å². The van der Waals surface area contributed by atoms with Crippen molar-refractivity contribution < 1.29 is 17.6 Å². The molecule has 2 aromatic carbocycles. The Labute approximate surface area is 144 Å². The molecule has 126 valence electrons. The smallest absolute Gasteiger partial charge is 0.240 e. The summed E-state index contributed by atoms with van der Waals surface area (Å²) in [6.07, 6.45) is 0.0586. The lowest BCUT2D eigenvalue weighted by molar-refractivity contribution is -0.117. The third-order valence-corrected chi connectivity index (χ3v) is 5.50. The third kappa shape index (κ3) is 3.58. The highest BCUT2D eigenvalue weighted by molar-refractivity contribution is 7.89. The van der Waals surface area contributed by atoms with Crippen LogP contribution in [0.1, 0.15) is 6.42 Å². The second-order valence-corrected chi connectivity index (χ2v) is 7.61. The summed E-state index contributed by atoms with van der Waals surface area (Å²) in [5.41, 5.74) is 0.660. The van der Waals surface area contributed by atoms with Gasteiger partial charge in [-0.25, -0.2) is 17.5 Å². The molecule has 1 atom stereocenters. The molecule has 1 N–H and O–H groups in total. The number of benzene rings is 2. The van der Waals surface area contributed by atoms with Crippen LogP contribution in [0.3, 0.4) is 0 Å². The van der Waals surface area contributed by atoms with E-state index in [0.717, 1.165) is 12.1 Å². The number of amides is 1. The Morgan fingerprint density at radius 1 is 1.08 bits per heavy atom. The van der Waals surface area contributed by atoms with Gasteiger partial charge in [0.2, 0.25) is 15.9 Å². The summed E-state index contributed by atoms with van der Waals surface area (Å²) in [6.45, 7) is 0.223. The Morgan fingerprint density at radius 2 is 1.71 bits per heavy atom. The normalized spacial score (nSPS) is 18.2. The van der Waals surface area contributed by atoms with Gasteiger partial charge in [0.1, 0.15) is 5.82 Å². The molecule has 24 heavy (non-hydrogen) atoms. The molecule has 0 saturated carbocycles. The molecular weight excluding hydrogens is 355 g/mol. The molecule has 1 heterocycles. The SMILES string of the molecule is O=C1C[C@H](NS(=O)(=O)c2ccc(F)cc2)CN1c1ccc(Cl)cc1. The van der Waals surface area contributed by atoms with Crippen LogP contribution in [0, 0.1) is 5.82 Å². The van der Waals surface area contributed by atoms with Gasteiger partial charge in [0, 0.05) is 29.7 Å². The van der Waals surface area contributed by atoms with Gasteiger partial charge < -0.3 is 4.90 Å². The molecule has 0 aliphatic carbocycles. The van der Waals surface area contributed by atoms with Crippen LogP contribution in [0.4, 0.5) is 10.1 Å². The van der Waals surface area contributed by atoms with Gasteiger partial charge in [0.15, 0.2) is 0 Å². The predicted molar refractivity (Wildman–Crippen MR) is 88.9 cm³/mol. The molecule has 5 nitrogen and oxygen atoms in total. The number of carbonyl (C=O) groups excluding carboxylic acids is 1. The Kier molecular flexibility index (Phi) is 4.58. The first-order valence-electron chi connectivity index (χ1n) is 7.19. The second-order valence-electron chi connectivity index (χ2n) is 5.46. The maximum atomic E-state index is 12.9. The van der Waals surface area contributed by atoms with Crippen LogP contribution in [0.2, 0.25) is 5.02 Å². The molecule has 1 aliphatic heterocycles. The lowest BCUT2D eigenvalue weighted by atomic mass is 10.3. The third-order valence-electron chi connectivity index (χ3n) is 3.71. The van der Waals surface area contributed by atoms with Crippen molar-refractivity contribution >= 4 is 33.2 Å². The summed E-state index contributed by atoms with van der Waals surface area (Å²) < 4.78 is 40.0. The maximum Gasteiger partial charge on any atom is 0.240 e. The zero-order valence-corrected chi connectivity index (χ0v) is 14.0. The molecular formula is C16H14ClFN2O3S. The number of rotatable bonds is 4. The van der Waals surface area contributed by atoms with E-state index >= 15 is 0 Å². The number of nitrogens with zero attached hydrogens (tertiary/aromatic N) is 1. The van der Waals surface area contributed by atoms with Crippen molar-refractivity contribution in [3.63, 3.8) is 0 Å². The summed E-state index contributed by atoms with van der Waals surface area (Å²) in [5.74, 6) is -0.692. The van der Waals surface area contributed by atoms with Crippen molar-refractivity contribution in [2.45, 2.75) is 17.4 Å². The van der Waals surface area contributed by atoms with Crippen molar-refractivity contribution in [3.8, 4) is 0 Å². The van der Waals surface area contributed by atoms with E-state index in [4.69, 9.17) is 11.6 Å². The van der Waals surface area contributed by atoms with Gasteiger partial charge >= 0.3 is 0 Å². The van der Waals surface area contributed by atoms with E-state index in [1.54, 1.807) is 24.3 Å². The molecule has 0 unspecified atom stereocenters. The number of anilines is 1. The Balaban J connectivity index is 1.74. The van der Waals surface area contributed by atoms with Crippen molar-refractivity contribution in [1.29, 1.82) is 0 Å². The minimum atomic E-state index is -3.81. The Bertz CT molecular complexity index is 854. The molecule has 2 aromatic rings. The van der Waals surface area contributed by atoms with Crippen LogP contribution in [0.5, 0.6) is 0 Å². The largest absolute Gasteiger partial charge is 0.311 e. The molecule has 1 saturated heterocycles. The van der Waals surface area contributed by atoms with Crippen LogP contribution in [0.15, 0.2) is 53.4 Å². The summed E-state index contributed by atoms with van der Waals surface area (Å²) in [4.78, 5) is 13.6. The first kappa shape index (κ1) is 16.9. The topological polar surface area (TPSA) is 66.5 Å². The monoisotopic (exact) mass is 368 g/mol. The summed E-state index contributed by atoms with van der Waals surface area (Å²) >= 11 is 5.83. The Morgan fingerprint density at radius 3 is 2.33 bits per heavy atom. The number of nitrogens with one attached hydrogen (secondary N) is 1. The van der Waals surface area contributed by atoms with Gasteiger partial charge in [-0.3, -0.25) is 4.79 Å². The molecule has 0 spiro atoms. The van der Waals surface area contributed by atoms with Crippen LogP contribution in [-0.4, -0.2) is 26.9 Å². The first-order valence-corrected chi connectivity index (χ1v) is 9.05. The number of sulfonamides is 1. The fourth-order valence-corrected chi connectivity index (χ4v) is 3.91. The van der Waals surface area contributed by atoms with E-state index in [9.17, 15) is 17.6 Å². The van der Waals surface area contributed by atoms with E-state index in [-0.39, 0.29) is 23.8 Å². The van der Waals surface area contributed by atoms with E-state index in [2.05, 4.69) is 4.72 Å². The highest BCUT2D eigenvalue weighted by Gasteiger charge is 2.33. The standard InChI is InChI=1S/C16H14ClFN2O3S/c17-11-1-5-14(6-2-11)20-10-13(9-16(20)21)19-24(22,23)15-7-3-12(18)4-8-15/h1-8,13,19H,9-10H2/t13-/m0/s1. The van der Waals surface area contributed by atoms with E-state index in [1.165, 1.54) is 17.0 Å². The van der Waals surface area contributed by atoms with Crippen molar-refractivity contribution in [2.24, 2.45) is 0 Å². The quantitative estimate of drug-likeness (QED) is 0.902. The molecule has 1 aliphatic rings. The number of hydrogen-bond acceptors (Lipinski definition) is 3. The van der Waals surface area contributed by atoms with Crippen molar-refractivity contribution in [2.75, 3.05) is 11.4 Å². The summed E-state index contributed by atoms with van der Waals surface area (Å²) in [5, 5.41) is 0.555. The Hall–Kier alpha value is -1.96. The molecule has 0 aromatic heterocycles. The maximum absolute atomic E-state index is 12.9. The van der Waals surface area contributed by atoms with E-state index in [1.807, 2.05) is 0 Å². The highest BCUT2D eigenvalue weighted by atomic mass is 35.5. The fourth-order valence-electron chi connectivity index (χ4n) is 2.56. The van der Waals surface area contributed by atoms with Crippen molar-refractivity contribution in [1.82, 2.24) is 4.72 Å². The fraction of sp³-hybridized carbons (Fsp3) is 0.188. The summed E-state index contributed by atoms with van der Waals surface area (Å²) in [7, 11) is -3.81.